The molecule has 1 saturated heterocycles. The molecule has 1 aromatic rings. The van der Waals surface area contributed by atoms with Crippen molar-refractivity contribution in [2.24, 2.45) is 5.41 Å². The molecule has 1 heterocycles. The first-order chi connectivity index (χ1) is 10.9. The van der Waals surface area contributed by atoms with Crippen LogP contribution in [0.1, 0.15) is 39.0 Å². The molecule has 23 heavy (non-hydrogen) atoms. The van der Waals surface area contributed by atoms with Gasteiger partial charge in [0.1, 0.15) is 11.9 Å². The monoisotopic (exact) mass is 318 g/mol. The number of rotatable bonds is 3. The molecule has 1 aliphatic carbocycles. The molecule has 0 amide bonds. The highest BCUT2D eigenvalue weighted by Crippen LogP contribution is 2.45. The van der Waals surface area contributed by atoms with Gasteiger partial charge in [0.2, 0.25) is 0 Å². The molecule has 0 N–H and O–H groups in total. The third-order valence-electron chi connectivity index (χ3n) is 4.94. The van der Waals surface area contributed by atoms with E-state index in [2.05, 4.69) is 26.8 Å². The SMILES string of the molecule is COc1ccc(C2OC3C=C(C)C(OC)CC(C)(C)C3O2)cc1. The van der Waals surface area contributed by atoms with Crippen LogP contribution in [-0.4, -0.2) is 32.5 Å². The summed E-state index contributed by atoms with van der Waals surface area (Å²) in [4.78, 5) is 0. The van der Waals surface area contributed by atoms with E-state index in [1.807, 2.05) is 24.3 Å². The molecule has 4 atom stereocenters. The van der Waals surface area contributed by atoms with E-state index in [9.17, 15) is 0 Å². The number of fused-ring (bicyclic) bond motifs is 1. The Balaban J connectivity index is 1.84. The number of ether oxygens (including phenoxy) is 4. The van der Waals surface area contributed by atoms with Gasteiger partial charge < -0.3 is 18.9 Å². The third kappa shape index (κ3) is 3.16. The van der Waals surface area contributed by atoms with E-state index < -0.39 is 0 Å². The van der Waals surface area contributed by atoms with E-state index in [0.717, 1.165) is 17.7 Å². The van der Waals surface area contributed by atoms with Gasteiger partial charge in [-0.3, -0.25) is 0 Å². The van der Waals surface area contributed by atoms with E-state index in [1.165, 1.54) is 5.57 Å². The van der Waals surface area contributed by atoms with E-state index in [4.69, 9.17) is 18.9 Å². The van der Waals surface area contributed by atoms with Crippen molar-refractivity contribution in [2.45, 2.75) is 51.8 Å². The van der Waals surface area contributed by atoms with Crippen molar-refractivity contribution in [2.75, 3.05) is 14.2 Å². The third-order valence-corrected chi connectivity index (χ3v) is 4.94. The zero-order valence-corrected chi connectivity index (χ0v) is 14.5. The van der Waals surface area contributed by atoms with E-state index in [1.54, 1.807) is 14.2 Å². The Labute approximate surface area is 138 Å². The summed E-state index contributed by atoms with van der Waals surface area (Å²) in [6.07, 6.45) is 2.85. The summed E-state index contributed by atoms with van der Waals surface area (Å²) in [5.74, 6) is 0.833. The van der Waals surface area contributed by atoms with Gasteiger partial charge in [0, 0.05) is 12.7 Å². The lowest BCUT2D eigenvalue weighted by Crippen LogP contribution is -2.37. The summed E-state index contributed by atoms with van der Waals surface area (Å²) in [6.45, 7) is 6.56. The molecule has 0 aromatic heterocycles. The van der Waals surface area contributed by atoms with Crippen LogP contribution in [0.5, 0.6) is 5.75 Å². The van der Waals surface area contributed by atoms with Crippen molar-refractivity contribution in [1.82, 2.24) is 0 Å². The molecule has 1 aliphatic heterocycles. The second-order valence-electron chi connectivity index (χ2n) is 7.09. The standard InChI is InChI=1S/C19H26O4/c1-12-10-15-17(19(2,3)11-16(12)21-5)23-18(22-15)13-6-8-14(20-4)9-7-13/h6-10,15-18H,11H2,1-5H3. The first-order valence-electron chi connectivity index (χ1n) is 8.10. The first kappa shape index (κ1) is 16.5. The molecule has 4 unspecified atom stereocenters. The van der Waals surface area contributed by atoms with Gasteiger partial charge in [-0.25, -0.2) is 0 Å². The zero-order valence-electron chi connectivity index (χ0n) is 14.5. The van der Waals surface area contributed by atoms with Crippen LogP contribution in [0.4, 0.5) is 0 Å². The van der Waals surface area contributed by atoms with Crippen LogP contribution < -0.4 is 4.74 Å². The predicted molar refractivity (Wildman–Crippen MR) is 88.4 cm³/mol. The minimum atomic E-state index is -0.335. The summed E-state index contributed by atoms with van der Waals surface area (Å²) >= 11 is 0. The summed E-state index contributed by atoms with van der Waals surface area (Å²) in [6, 6.07) is 7.86. The molecule has 4 heteroatoms. The fraction of sp³-hybridized carbons (Fsp3) is 0.579. The van der Waals surface area contributed by atoms with Crippen molar-refractivity contribution < 1.29 is 18.9 Å². The van der Waals surface area contributed by atoms with Gasteiger partial charge in [-0.05, 0) is 36.5 Å². The Hall–Kier alpha value is -1.36. The highest BCUT2D eigenvalue weighted by Gasteiger charge is 2.47. The highest BCUT2D eigenvalue weighted by atomic mass is 16.7. The van der Waals surface area contributed by atoms with Crippen molar-refractivity contribution in [3.8, 4) is 5.75 Å². The van der Waals surface area contributed by atoms with Gasteiger partial charge in [-0.1, -0.05) is 32.1 Å². The van der Waals surface area contributed by atoms with Crippen LogP contribution in [0.15, 0.2) is 35.9 Å². The van der Waals surface area contributed by atoms with Crippen LogP contribution in [0.2, 0.25) is 0 Å². The summed E-state index contributed by atoms with van der Waals surface area (Å²) in [5, 5.41) is 0. The number of hydrogen-bond acceptors (Lipinski definition) is 4. The van der Waals surface area contributed by atoms with Gasteiger partial charge in [0.25, 0.3) is 0 Å². The molecule has 0 bridgehead atoms. The van der Waals surface area contributed by atoms with Gasteiger partial charge in [0.15, 0.2) is 6.29 Å². The molecular weight excluding hydrogens is 292 g/mol. The smallest absolute Gasteiger partial charge is 0.185 e. The molecule has 2 aliphatic rings. The Morgan fingerprint density at radius 2 is 1.78 bits per heavy atom. The lowest BCUT2D eigenvalue weighted by Gasteiger charge is -2.33. The van der Waals surface area contributed by atoms with Crippen molar-refractivity contribution in [3.63, 3.8) is 0 Å². The van der Waals surface area contributed by atoms with Crippen LogP contribution in [0.25, 0.3) is 0 Å². The minimum Gasteiger partial charge on any atom is -0.497 e. The zero-order chi connectivity index (χ0) is 16.6. The highest BCUT2D eigenvalue weighted by molar-refractivity contribution is 5.28. The lowest BCUT2D eigenvalue weighted by atomic mass is 9.80. The molecule has 1 fully saturated rings. The predicted octanol–water partition coefficient (Wildman–Crippen LogP) is 3.87. The fourth-order valence-electron chi connectivity index (χ4n) is 3.52. The molecule has 1 aromatic carbocycles. The van der Waals surface area contributed by atoms with Crippen molar-refractivity contribution >= 4 is 0 Å². The molecule has 126 valence electrons. The van der Waals surface area contributed by atoms with Crippen molar-refractivity contribution in [1.29, 1.82) is 0 Å². The Kier molecular flexibility index (Phi) is 4.50. The second-order valence-corrected chi connectivity index (χ2v) is 7.09. The quantitative estimate of drug-likeness (QED) is 0.793. The Morgan fingerprint density at radius 3 is 2.39 bits per heavy atom. The molecule has 0 radical (unpaired) electrons. The average Bonchev–Trinajstić information content (AvgIpc) is 2.94. The van der Waals surface area contributed by atoms with E-state index in [0.29, 0.717) is 0 Å². The van der Waals surface area contributed by atoms with Gasteiger partial charge >= 0.3 is 0 Å². The number of benzene rings is 1. The second kappa shape index (κ2) is 6.27. The molecule has 0 spiro atoms. The van der Waals surface area contributed by atoms with Gasteiger partial charge in [0.05, 0.1) is 19.3 Å². The lowest BCUT2D eigenvalue weighted by molar-refractivity contribution is -0.0888. The van der Waals surface area contributed by atoms with E-state index >= 15 is 0 Å². The maximum Gasteiger partial charge on any atom is 0.185 e. The molecule has 0 saturated carbocycles. The number of hydrogen-bond donors (Lipinski definition) is 0. The maximum atomic E-state index is 6.30. The summed E-state index contributed by atoms with van der Waals surface area (Å²) in [5.41, 5.74) is 2.21. The topological polar surface area (TPSA) is 36.9 Å². The van der Waals surface area contributed by atoms with Gasteiger partial charge in [-0.2, -0.15) is 0 Å². The maximum absolute atomic E-state index is 6.30. The average molecular weight is 318 g/mol. The minimum absolute atomic E-state index is 0.0182. The Morgan fingerprint density at radius 1 is 1.09 bits per heavy atom. The summed E-state index contributed by atoms with van der Waals surface area (Å²) in [7, 11) is 3.43. The van der Waals surface area contributed by atoms with E-state index in [-0.39, 0.29) is 30.0 Å². The fourth-order valence-corrected chi connectivity index (χ4v) is 3.52. The van der Waals surface area contributed by atoms with Crippen LogP contribution in [0, 0.1) is 5.41 Å². The molecular formula is C19H26O4. The summed E-state index contributed by atoms with van der Waals surface area (Å²) < 4.78 is 23.3. The van der Waals surface area contributed by atoms with Crippen molar-refractivity contribution in [3.05, 3.63) is 41.5 Å². The Bertz CT molecular complexity index is 576. The molecule has 4 nitrogen and oxygen atoms in total. The first-order valence-corrected chi connectivity index (χ1v) is 8.10. The number of methoxy groups -OCH3 is 2. The van der Waals surface area contributed by atoms with Crippen LogP contribution in [-0.2, 0) is 14.2 Å². The van der Waals surface area contributed by atoms with Gasteiger partial charge in [-0.15, -0.1) is 0 Å². The van der Waals surface area contributed by atoms with Crippen LogP contribution >= 0.6 is 0 Å². The molecule has 3 rings (SSSR count). The largest absolute Gasteiger partial charge is 0.497 e. The van der Waals surface area contributed by atoms with Crippen LogP contribution in [0.3, 0.4) is 0 Å². The normalized spacial score (nSPS) is 32.8.